The SMILES string of the molecule is Cc1ccc(S(=O)(=O)N2CCC(C(=O)Nc3ccc(Nc4ccccc4)cc3)CC2)c(C)c1. The number of carbonyl (C=O) groups is 1. The van der Waals surface area contributed by atoms with Gasteiger partial charge in [0.2, 0.25) is 15.9 Å². The van der Waals surface area contributed by atoms with Gasteiger partial charge in [0, 0.05) is 36.1 Å². The first-order valence-electron chi connectivity index (χ1n) is 11.1. The van der Waals surface area contributed by atoms with Crippen LogP contribution < -0.4 is 10.6 Å². The molecule has 3 aromatic rings. The van der Waals surface area contributed by atoms with E-state index in [-0.39, 0.29) is 11.8 Å². The van der Waals surface area contributed by atoms with E-state index in [0.717, 1.165) is 28.2 Å². The molecule has 172 valence electrons. The summed E-state index contributed by atoms with van der Waals surface area (Å²) in [5.74, 6) is -0.278. The monoisotopic (exact) mass is 463 g/mol. The molecule has 6 nitrogen and oxygen atoms in total. The molecule has 0 bridgehead atoms. The van der Waals surface area contributed by atoms with Crippen LogP contribution >= 0.6 is 0 Å². The second kappa shape index (κ2) is 9.77. The Kier molecular flexibility index (Phi) is 6.81. The minimum Gasteiger partial charge on any atom is -0.356 e. The van der Waals surface area contributed by atoms with Gasteiger partial charge in [-0.25, -0.2) is 8.42 Å². The number of nitrogens with zero attached hydrogens (tertiary/aromatic N) is 1. The molecule has 3 aromatic carbocycles. The van der Waals surface area contributed by atoms with Crippen molar-refractivity contribution >= 4 is 33.0 Å². The van der Waals surface area contributed by atoms with Crippen molar-refractivity contribution in [3.05, 3.63) is 83.9 Å². The minimum atomic E-state index is -3.55. The summed E-state index contributed by atoms with van der Waals surface area (Å²) in [5, 5.41) is 6.28. The van der Waals surface area contributed by atoms with Crippen LogP contribution in [0.2, 0.25) is 0 Å². The molecule has 1 fully saturated rings. The molecule has 0 radical (unpaired) electrons. The van der Waals surface area contributed by atoms with E-state index in [9.17, 15) is 13.2 Å². The zero-order chi connectivity index (χ0) is 23.4. The van der Waals surface area contributed by atoms with Gasteiger partial charge in [-0.3, -0.25) is 4.79 Å². The van der Waals surface area contributed by atoms with Crippen molar-refractivity contribution in [1.29, 1.82) is 0 Å². The number of nitrogens with one attached hydrogen (secondary N) is 2. The van der Waals surface area contributed by atoms with Gasteiger partial charge in [-0.05, 0) is 74.7 Å². The number of amides is 1. The van der Waals surface area contributed by atoms with Gasteiger partial charge in [0.1, 0.15) is 0 Å². The quantitative estimate of drug-likeness (QED) is 0.534. The highest BCUT2D eigenvalue weighted by Gasteiger charge is 2.32. The molecular formula is C26H29N3O3S. The summed E-state index contributed by atoms with van der Waals surface area (Å²) in [5.41, 5.74) is 4.44. The standard InChI is InChI=1S/C26H29N3O3S/c1-19-8-13-25(20(2)18-19)33(31,32)29-16-14-21(15-17-29)26(30)28-24-11-9-23(10-12-24)27-22-6-4-3-5-7-22/h3-13,18,21,27H,14-17H2,1-2H3,(H,28,30). The van der Waals surface area contributed by atoms with Crippen LogP contribution in [0.3, 0.4) is 0 Å². The highest BCUT2D eigenvalue weighted by molar-refractivity contribution is 7.89. The Bertz CT molecular complexity index is 1220. The Morgan fingerprint density at radius 3 is 2.09 bits per heavy atom. The van der Waals surface area contributed by atoms with Crippen molar-refractivity contribution in [2.75, 3.05) is 23.7 Å². The molecule has 0 saturated carbocycles. The van der Waals surface area contributed by atoms with Crippen molar-refractivity contribution < 1.29 is 13.2 Å². The summed E-state index contributed by atoms with van der Waals surface area (Å²) >= 11 is 0. The average Bonchev–Trinajstić information content (AvgIpc) is 2.81. The lowest BCUT2D eigenvalue weighted by Crippen LogP contribution is -2.41. The zero-order valence-electron chi connectivity index (χ0n) is 18.9. The maximum atomic E-state index is 13.1. The fourth-order valence-corrected chi connectivity index (χ4v) is 5.83. The molecule has 4 rings (SSSR count). The maximum Gasteiger partial charge on any atom is 0.243 e. The molecule has 0 unspecified atom stereocenters. The summed E-state index contributed by atoms with van der Waals surface area (Å²) in [6, 6.07) is 22.8. The topological polar surface area (TPSA) is 78.5 Å². The molecule has 1 heterocycles. The Hall–Kier alpha value is -3.16. The summed E-state index contributed by atoms with van der Waals surface area (Å²) in [4.78, 5) is 13.1. The van der Waals surface area contributed by atoms with E-state index in [4.69, 9.17) is 0 Å². The Balaban J connectivity index is 1.33. The van der Waals surface area contributed by atoms with E-state index >= 15 is 0 Å². The number of aryl methyl sites for hydroxylation is 2. The Morgan fingerprint density at radius 2 is 1.45 bits per heavy atom. The van der Waals surface area contributed by atoms with E-state index < -0.39 is 10.0 Å². The van der Waals surface area contributed by atoms with Crippen molar-refractivity contribution in [1.82, 2.24) is 4.31 Å². The molecule has 2 N–H and O–H groups in total. The first-order valence-corrected chi connectivity index (χ1v) is 12.6. The highest BCUT2D eigenvalue weighted by Crippen LogP contribution is 2.27. The summed E-state index contributed by atoms with van der Waals surface area (Å²) in [7, 11) is -3.55. The third-order valence-corrected chi connectivity index (χ3v) is 8.05. The first-order chi connectivity index (χ1) is 15.8. The normalized spacial score (nSPS) is 15.2. The van der Waals surface area contributed by atoms with E-state index in [1.54, 1.807) is 6.07 Å². The molecule has 0 aliphatic carbocycles. The zero-order valence-corrected chi connectivity index (χ0v) is 19.7. The third kappa shape index (κ3) is 5.43. The molecule has 0 spiro atoms. The van der Waals surface area contributed by atoms with Crippen LogP contribution in [0, 0.1) is 19.8 Å². The number of hydrogen-bond donors (Lipinski definition) is 2. The Labute approximate surface area is 195 Å². The second-order valence-electron chi connectivity index (χ2n) is 8.50. The number of para-hydroxylation sites is 1. The first kappa shape index (κ1) is 23.0. The van der Waals surface area contributed by atoms with Crippen LogP contribution in [0.25, 0.3) is 0 Å². The average molecular weight is 464 g/mol. The number of anilines is 3. The van der Waals surface area contributed by atoms with Gasteiger partial charge >= 0.3 is 0 Å². The molecule has 1 saturated heterocycles. The molecule has 1 aliphatic heterocycles. The molecule has 1 amide bonds. The van der Waals surface area contributed by atoms with Gasteiger partial charge in [-0.15, -0.1) is 0 Å². The third-order valence-electron chi connectivity index (χ3n) is 5.99. The van der Waals surface area contributed by atoms with Crippen LogP contribution in [0.15, 0.2) is 77.7 Å². The van der Waals surface area contributed by atoms with Crippen molar-refractivity contribution in [2.24, 2.45) is 5.92 Å². The number of sulfonamides is 1. The van der Waals surface area contributed by atoms with E-state index in [2.05, 4.69) is 10.6 Å². The van der Waals surface area contributed by atoms with Gasteiger partial charge in [0.25, 0.3) is 0 Å². The summed E-state index contributed by atoms with van der Waals surface area (Å²) < 4.78 is 27.6. The summed E-state index contributed by atoms with van der Waals surface area (Å²) in [6.45, 7) is 4.45. The molecular weight excluding hydrogens is 434 g/mol. The van der Waals surface area contributed by atoms with Crippen LogP contribution in [-0.4, -0.2) is 31.7 Å². The van der Waals surface area contributed by atoms with E-state index in [1.807, 2.05) is 80.6 Å². The van der Waals surface area contributed by atoms with Gasteiger partial charge in [0.05, 0.1) is 4.90 Å². The van der Waals surface area contributed by atoms with Crippen LogP contribution in [-0.2, 0) is 14.8 Å². The Morgan fingerprint density at radius 1 is 0.848 bits per heavy atom. The predicted octanol–water partition coefficient (Wildman–Crippen LogP) is 5.09. The van der Waals surface area contributed by atoms with E-state index in [1.165, 1.54) is 4.31 Å². The maximum absolute atomic E-state index is 13.1. The second-order valence-corrected chi connectivity index (χ2v) is 10.4. The molecule has 1 aliphatic rings. The lowest BCUT2D eigenvalue weighted by atomic mass is 9.97. The lowest BCUT2D eigenvalue weighted by molar-refractivity contribution is -0.120. The lowest BCUT2D eigenvalue weighted by Gasteiger charge is -2.31. The van der Waals surface area contributed by atoms with Gasteiger partial charge < -0.3 is 10.6 Å². The number of hydrogen-bond acceptors (Lipinski definition) is 4. The van der Waals surface area contributed by atoms with E-state index in [0.29, 0.717) is 30.8 Å². The minimum absolute atomic E-state index is 0.0673. The predicted molar refractivity (Wildman–Crippen MR) is 132 cm³/mol. The highest BCUT2D eigenvalue weighted by atomic mass is 32.2. The van der Waals surface area contributed by atoms with Crippen LogP contribution in [0.4, 0.5) is 17.1 Å². The van der Waals surface area contributed by atoms with Gasteiger partial charge in [0.15, 0.2) is 0 Å². The summed E-state index contributed by atoms with van der Waals surface area (Å²) in [6.07, 6.45) is 1.01. The van der Waals surface area contributed by atoms with Gasteiger partial charge in [-0.2, -0.15) is 4.31 Å². The smallest absolute Gasteiger partial charge is 0.243 e. The van der Waals surface area contributed by atoms with Crippen molar-refractivity contribution in [3.63, 3.8) is 0 Å². The molecule has 0 atom stereocenters. The number of carbonyl (C=O) groups excluding carboxylic acids is 1. The largest absolute Gasteiger partial charge is 0.356 e. The number of rotatable bonds is 6. The van der Waals surface area contributed by atoms with Crippen LogP contribution in [0.5, 0.6) is 0 Å². The van der Waals surface area contributed by atoms with Crippen LogP contribution in [0.1, 0.15) is 24.0 Å². The van der Waals surface area contributed by atoms with Gasteiger partial charge in [-0.1, -0.05) is 35.9 Å². The molecule has 0 aromatic heterocycles. The molecule has 7 heteroatoms. The number of benzene rings is 3. The van der Waals surface area contributed by atoms with Crippen molar-refractivity contribution in [3.8, 4) is 0 Å². The molecule has 33 heavy (non-hydrogen) atoms. The van der Waals surface area contributed by atoms with Crippen molar-refractivity contribution in [2.45, 2.75) is 31.6 Å². The fourth-order valence-electron chi connectivity index (χ4n) is 4.16. The number of piperidine rings is 1. The fraction of sp³-hybridized carbons (Fsp3) is 0.269.